The maximum Gasteiger partial charge on any atom is 0.410 e. The van der Waals surface area contributed by atoms with Gasteiger partial charge in [0.05, 0.1) is 0 Å². The number of carbonyl (C=O) groups is 1. The standard InChI is InChI=1S/C18H34N2O2/c1-12-6-7-14(10-13(12)2)16(19)15-8-9-20(11-15)17(21)22-18(3,4)5/h12-16H,6-11,19H2,1-5H3. The Morgan fingerprint density at radius 3 is 2.41 bits per heavy atom. The molecule has 0 aromatic carbocycles. The summed E-state index contributed by atoms with van der Waals surface area (Å²) in [6.07, 6.45) is 4.61. The van der Waals surface area contributed by atoms with E-state index in [0.29, 0.717) is 11.8 Å². The van der Waals surface area contributed by atoms with Gasteiger partial charge in [-0.1, -0.05) is 20.3 Å². The van der Waals surface area contributed by atoms with Crippen molar-refractivity contribution in [1.82, 2.24) is 4.90 Å². The first kappa shape index (κ1) is 17.6. The van der Waals surface area contributed by atoms with Gasteiger partial charge in [-0.05, 0) is 63.7 Å². The van der Waals surface area contributed by atoms with E-state index in [0.717, 1.165) is 31.3 Å². The largest absolute Gasteiger partial charge is 0.444 e. The summed E-state index contributed by atoms with van der Waals surface area (Å²) >= 11 is 0. The molecule has 1 aliphatic carbocycles. The van der Waals surface area contributed by atoms with Crippen molar-refractivity contribution in [1.29, 1.82) is 0 Å². The first-order valence-electron chi connectivity index (χ1n) is 8.91. The number of rotatable bonds is 2. The molecule has 128 valence electrons. The molecule has 0 aromatic heterocycles. The van der Waals surface area contributed by atoms with Crippen LogP contribution in [0.2, 0.25) is 0 Å². The number of nitrogens with two attached hydrogens (primary N) is 1. The third-order valence-electron chi connectivity index (χ3n) is 5.60. The van der Waals surface area contributed by atoms with Crippen LogP contribution in [0.3, 0.4) is 0 Å². The van der Waals surface area contributed by atoms with Gasteiger partial charge in [0.25, 0.3) is 0 Å². The first-order chi connectivity index (χ1) is 10.2. The summed E-state index contributed by atoms with van der Waals surface area (Å²) in [7, 11) is 0. The summed E-state index contributed by atoms with van der Waals surface area (Å²) in [6.45, 7) is 12.0. The molecule has 0 radical (unpaired) electrons. The zero-order valence-electron chi connectivity index (χ0n) is 15.0. The fourth-order valence-electron chi connectivity index (χ4n) is 3.92. The van der Waals surface area contributed by atoms with Crippen LogP contribution in [0.15, 0.2) is 0 Å². The summed E-state index contributed by atoms with van der Waals surface area (Å²) < 4.78 is 5.47. The highest BCUT2D eigenvalue weighted by molar-refractivity contribution is 5.68. The molecule has 4 nitrogen and oxygen atoms in total. The van der Waals surface area contributed by atoms with Crippen molar-refractivity contribution < 1.29 is 9.53 Å². The first-order valence-corrected chi connectivity index (χ1v) is 8.91. The van der Waals surface area contributed by atoms with Crippen LogP contribution < -0.4 is 5.73 Å². The monoisotopic (exact) mass is 310 g/mol. The predicted octanol–water partition coefficient (Wildman–Crippen LogP) is 3.64. The minimum absolute atomic E-state index is 0.187. The van der Waals surface area contributed by atoms with Gasteiger partial charge in [0.15, 0.2) is 0 Å². The molecule has 2 fully saturated rings. The second kappa shape index (κ2) is 6.77. The number of hydrogen-bond donors (Lipinski definition) is 1. The van der Waals surface area contributed by atoms with E-state index in [-0.39, 0.29) is 12.1 Å². The molecule has 22 heavy (non-hydrogen) atoms. The molecule has 4 heteroatoms. The third kappa shape index (κ3) is 4.37. The molecule has 5 unspecified atom stereocenters. The van der Waals surface area contributed by atoms with Crippen molar-refractivity contribution in [2.24, 2.45) is 29.4 Å². The Kier molecular flexibility index (Phi) is 5.41. The normalized spacial score (nSPS) is 34.5. The van der Waals surface area contributed by atoms with Gasteiger partial charge in [0.1, 0.15) is 5.60 Å². The molecule has 1 heterocycles. The van der Waals surface area contributed by atoms with Gasteiger partial charge in [-0.25, -0.2) is 4.79 Å². The van der Waals surface area contributed by atoms with Crippen molar-refractivity contribution in [2.75, 3.05) is 13.1 Å². The minimum atomic E-state index is -0.424. The van der Waals surface area contributed by atoms with E-state index in [2.05, 4.69) is 13.8 Å². The second-order valence-electron chi connectivity index (χ2n) is 8.58. The molecular weight excluding hydrogens is 276 g/mol. The van der Waals surface area contributed by atoms with Crippen LogP contribution in [-0.4, -0.2) is 35.7 Å². The lowest BCUT2D eigenvalue weighted by atomic mass is 9.71. The zero-order valence-corrected chi connectivity index (χ0v) is 15.0. The van der Waals surface area contributed by atoms with Gasteiger partial charge < -0.3 is 15.4 Å². The lowest BCUT2D eigenvalue weighted by molar-refractivity contribution is 0.0282. The summed E-state index contributed by atoms with van der Waals surface area (Å²) in [5, 5.41) is 0. The number of carbonyl (C=O) groups excluding carboxylic acids is 1. The topological polar surface area (TPSA) is 55.6 Å². The second-order valence-corrected chi connectivity index (χ2v) is 8.58. The minimum Gasteiger partial charge on any atom is -0.444 e. The molecule has 0 bridgehead atoms. The van der Waals surface area contributed by atoms with Crippen LogP contribution in [0, 0.1) is 23.7 Å². The highest BCUT2D eigenvalue weighted by Crippen LogP contribution is 2.37. The Morgan fingerprint density at radius 1 is 1.14 bits per heavy atom. The van der Waals surface area contributed by atoms with Crippen molar-refractivity contribution >= 4 is 6.09 Å². The van der Waals surface area contributed by atoms with E-state index in [1.165, 1.54) is 19.3 Å². The Morgan fingerprint density at radius 2 is 1.82 bits per heavy atom. The van der Waals surface area contributed by atoms with Crippen LogP contribution in [0.4, 0.5) is 4.79 Å². The van der Waals surface area contributed by atoms with E-state index < -0.39 is 5.60 Å². The molecule has 1 saturated heterocycles. The quantitative estimate of drug-likeness (QED) is 0.847. The van der Waals surface area contributed by atoms with Gasteiger partial charge in [0.2, 0.25) is 0 Å². The summed E-state index contributed by atoms with van der Waals surface area (Å²) in [5.41, 5.74) is 6.15. The van der Waals surface area contributed by atoms with Gasteiger partial charge in [-0.15, -0.1) is 0 Å². The number of likely N-dealkylation sites (tertiary alicyclic amines) is 1. The van der Waals surface area contributed by atoms with Crippen LogP contribution in [0.25, 0.3) is 0 Å². The van der Waals surface area contributed by atoms with E-state index in [1.807, 2.05) is 25.7 Å². The van der Waals surface area contributed by atoms with E-state index in [9.17, 15) is 4.79 Å². The molecule has 5 atom stereocenters. The van der Waals surface area contributed by atoms with E-state index in [4.69, 9.17) is 10.5 Å². The van der Waals surface area contributed by atoms with Crippen molar-refractivity contribution in [3.63, 3.8) is 0 Å². The van der Waals surface area contributed by atoms with Gasteiger partial charge in [0, 0.05) is 19.1 Å². The number of amides is 1. The van der Waals surface area contributed by atoms with Gasteiger partial charge in [-0.2, -0.15) is 0 Å². The maximum absolute atomic E-state index is 12.2. The molecule has 0 spiro atoms. The predicted molar refractivity (Wildman–Crippen MR) is 89.6 cm³/mol. The zero-order chi connectivity index (χ0) is 16.5. The fraction of sp³-hybridized carbons (Fsp3) is 0.944. The molecule has 0 aromatic rings. The smallest absolute Gasteiger partial charge is 0.410 e. The third-order valence-corrected chi connectivity index (χ3v) is 5.60. The molecule has 2 rings (SSSR count). The summed E-state index contributed by atoms with van der Waals surface area (Å²) in [4.78, 5) is 14.0. The van der Waals surface area contributed by atoms with E-state index in [1.54, 1.807) is 0 Å². The van der Waals surface area contributed by atoms with Gasteiger partial charge >= 0.3 is 6.09 Å². The van der Waals surface area contributed by atoms with Gasteiger partial charge in [-0.3, -0.25) is 0 Å². The van der Waals surface area contributed by atoms with Crippen LogP contribution in [0.1, 0.15) is 60.3 Å². The lowest BCUT2D eigenvalue weighted by Crippen LogP contribution is -2.43. The number of hydrogen-bond acceptors (Lipinski definition) is 3. The summed E-state index contributed by atoms with van der Waals surface area (Å²) in [6, 6.07) is 0.224. The van der Waals surface area contributed by atoms with Crippen LogP contribution >= 0.6 is 0 Å². The Bertz CT molecular complexity index is 391. The Balaban J connectivity index is 1.86. The average molecular weight is 310 g/mol. The molecule has 1 saturated carbocycles. The average Bonchev–Trinajstić information content (AvgIpc) is 2.89. The molecule has 1 aliphatic heterocycles. The maximum atomic E-state index is 12.2. The van der Waals surface area contributed by atoms with Crippen molar-refractivity contribution in [2.45, 2.75) is 71.9 Å². The van der Waals surface area contributed by atoms with Crippen LogP contribution in [0.5, 0.6) is 0 Å². The highest BCUT2D eigenvalue weighted by Gasteiger charge is 2.37. The Labute approximate surface area is 135 Å². The molecular formula is C18H34N2O2. The summed E-state index contributed by atoms with van der Waals surface area (Å²) in [5.74, 6) is 2.64. The highest BCUT2D eigenvalue weighted by atomic mass is 16.6. The number of ether oxygens (including phenoxy) is 1. The Hall–Kier alpha value is -0.770. The van der Waals surface area contributed by atoms with Crippen molar-refractivity contribution in [3.8, 4) is 0 Å². The van der Waals surface area contributed by atoms with Crippen LogP contribution in [-0.2, 0) is 4.74 Å². The lowest BCUT2D eigenvalue weighted by Gasteiger charge is -2.37. The fourth-order valence-corrected chi connectivity index (χ4v) is 3.92. The number of nitrogens with zero attached hydrogens (tertiary/aromatic N) is 1. The molecule has 2 N–H and O–H groups in total. The molecule has 1 amide bonds. The SMILES string of the molecule is CC1CCC(C(N)C2CCN(C(=O)OC(C)(C)C)C2)CC1C. The van der Waals surface area contributed by atoms with Crippen molar-refractivity contribution in [3.05, 3.63) is 0 Å². The van der Waals surface area contributed by atoms with E-state index >= 15 is 0 Å². The molecule has 2 aliphatic rings.